The molecule has 1 N–H and O–H groups in total. The third kappa shape index (κ3) is 4.37. The molecule has 0 saturated carbocycles. The molecule has 0 aliphatic heterocycles. The van der Waals surface area contributed by atoms with E-state index in [0.29, 0.717) is 23.7 Å². The zero-order chi connectivity index (χ0) is 20.9. The number of aromatic nitrogens is 2. The van der Waals surface area contributed by atoms with Gasteiger partial charge >= 0.3 is 0 Å². The molecule has 0 aliphatic carbocycles. The number of hydrogen-bond acceptors (Lipinski definition) is 5. The van der Waals surface area contributed by atoms with Gasteiger partial charge < -0.3 is 9.84 Å². The first-order chi connectivity index (χ1) is 14.6. The van der Waals surface area contributed by atoms with Gasteiger partial charge in [-0.1, -0.05) is 30.3 Å². The maximum Gasteiger partial charge on any atom is 0.269 e. The number of rotatable bonds is 7. The van der Waals surface area contributed by atoms with Crippen molar-refractivity contribution in [1.82, 2.24) is 9.78 Å². The lowest BCUT2D eigenvalue weighted by molar-refractivity contribution is -0.384. The molecule has 4 rings (SSSR count). The van der Waals surface area contributed by atoms with Crippen molar-refractivity contribution < 1.29 is 14.8 Å². The van der Waals surface area contributed by atoms with Crippen molar-refractivity contribution in [3.63, 3.8) is 0 Å². The van der Waals surface area contributed by atoms with Gasteiger partial charge in [-0.3, -0.25) is 14.8 Å². The predicted molar refractivity (Wildman–Crippen MR) is 112 cm³/mol. The number of benzene rings is 3. The van der Waals surface area contributed by atoms with Crippen molar-refractivity contribution >= 4 is 5.69 Å². The molecule has 0 unspecified atom stereocenters. The number of ether oxygens (including phenoxy) is 1. The molecule has 0 radical (unpaired) electrons. The van der Waals surface area contributed by atoms with Crippen LogP contribution in [-0.4, -0.2) is 19.8 Å². The van der Waals surface area contributed by atoms with Crippen LogP contribution in [0.3, 0.4) is 0 Å². The van der Waals surface area contributed by atoms with Crippen molar-refractivity contribution in [3.05, 3.63) is 106 Å². The van der Waals surface area contributed by atoms with Crippen molar-refractivity contribution in [3.8, 4) is 22.8 Å². The second-order valence-electron chi connectivity index (χ2n) is 6.70. The van der Waals surface area contributed by atoms with E-state index in [1.165, 1.54) is 12.1 Å². The number of para-hydroxylation sites is 1. The first kappa shape index (κ1) is 19.4. The first-order valence-corrected chi connectivity index (χ1v) is 9.36. The molecule has 0 amide bonds. The highest BCUT2D eigenvalue weighted by Gasteiger charge is 2.12. The molecule has 0 aliphatic rings. The third-order valence-electron chi connectivity index (χ3n) is 4.61. The number of aliphatic hydroxyl groups excluding tert-OH is 1. The van der Waals surface area contributed by atoms with E-state index in [4.69, 9.17) is 4.74 Å². The van der Waals surface area contributed by atoms with Crippen LogP contribution in [0.1, 0.15) is 11.3 Å². The summed E-state index contributed by atoms with van der Waals surface area (Å²) in [6, 6.07) is 25.3. The standard InChI is InChI=1S/C23H19N3O4/c27-16-20-14-23(24-25(20)15-17-5-4-6-19(13-17)26(28)29)18-9-11-22(12-10-18)30-21-7-2-1-3-8-21/h1-14,27H,15-16H2. The molecule has 1 aromatic heterocycles. The molecule has 150 valence electrons. The minimum absolute atomic E-state index is 0.0273. The molecular formula is C23H19N3O4. The zero-order valence-corrected chi connectivity index (χ0v) is 16.0. The van der Waals surface area contributed by atoms with Crippen molar-refractivity contribution in [2.45, 2.75) is 13.2 Å². The van der Waals surface area contributed by atoms with Gasteiger partial charge in [0.1, 0.15) is 11.5 Å². The van der Waals surface area contributed by atoms with Gasteiger partial charge in [-0.25, -0.2) is 0 Å². The summed E-state index contributed by atoms with van der Waals surface area (Å²) >= 11 is 0. The van der Waals surface area contributed by atoms with E-state index in [0.717, 1.165) is 16.9 Å². The van der Waals surface area contributed by atoms with Gasteiger partial charge in [-0.05, 0) is 48.0 Å². The average Bonchev–Trinajstić information content (AvgIpc) is 3.18. The van der Waals surface area contributed by atoms with Crippen LogP contribution in [0.25, 0.3) is 11.3 Å². The molecular weight excluding hydrogens is 382 g/mol. The van der Waals surface area contributed by atoms with Gasteiger partial charge in [0.25, 0.3) is 5.69 Å². The molecule has 0 bridgehead atoms. The number of aliphatic hydroxyl groups is 1. The Morgan fingerprint density at radius 2 is 1.67 bits per heavy atom. The van der Waals surface area contributed by atoms with Gasteiger partial charge in [0.05, 0.1) is 29.5 Å². The number of nitro benzene ring substituents is 1. The quantitative estimate of drug-likeness (QED) is 0.355. The summed E-state index contributed by atoms with van der Waals surface area (Å²) < 4.78 is 7.46. The Labute approximate surface area is 173 Å². The lowest BCUT2D eigenvalue weighted by Gasteiger charge is -2.06. The molecule has 30 heavy (non-hydrogen) atoms. The summed E-state index contributed by atoms with van der Waals surface area (Å²) in [6.45, 7) is 0.143. The normalized spacial score (nSPS) is 10.7. The maximum atomic E-state index is 11.0. The minimum atomic E-state index is -0.427. The van der Waals surface area contributed by atoms with Gasteiger partial charge in [0.2, 0.25) is 0 Å². The molecule has 0 saturated heterocycles. The van der Waals surface area contributed by atoms with Crippen molar-refractivity contribution in [1.29, 1.82) is 0 Å². The van der Waals surface area contributed by atoms with Crippen LogP contribution in [0.4, 0.5) is 5.69 Å². The maximum absolute atomic E-state index is 11.0. The number of non-ortho nitro benzene ring substituents is 1. The van der Waals surface area contributed by atoms with Crippen molar-refractivity contribution in [2.75, 3.05) is 0 Å². The van der Waals surface area contributed by atoms with Crippen LogP contribution >= 0.6 is 0 Å². The van der Waals surface area contributed by atoms with Crippen LogP contribution in [0.5, 0.6) is 11.5 Å². The molecule has 3 aromatic carbocycles. The van der Waals surface area contributed by atoms with Crippen LogP contribution in [-0.2, 0) is 13.2 Å². The Balaban J connectivity index is 1.55. The number of hydrogen-bond donors (Lipinski definition) is 1. The highest BCUT2D eigenvalue weighted by atomic mass is 16.6. The Bertz CT molecular complexity index is 1150. The summed E-state index contributed by atoms with van der Waals surface area (Å²) in [5.74, 6) is 1.47. The predicted octanol–water partition coefficient (Wildman–Crippen LogP) is 4.79. The van der Waals surface area contributed by atoms with E-state index < -0.39 is 4.92 Å². The topological polar surface area (TPSA) is 90.4 Å². The van der Waals surface area contributed by atoms with Gasteiger partial charge in [-0.15, -0.1) is 0 Å². The molecule has 1 heterocycles. The highest BCUT2D eigenvalue weighted by Crippen LogP contribution is 2.26. The molecule has 0 spiro atoms. The molecule has 4 aromatic rings. The van der Waals surface area contributed by atoms with E-state index in [1.54, 1.807) is 16.8 Å². The van der Waals surface area contributed by atoms with Crippen molar-refractivity contribution in [2.24, 2.45) is 0 Å². The summed E-state index contributed by atoms with van der Waals surface area (Å²) in [5, 5.41) is 25.3. The van der Waals surface area contributed by atoms with Crippen LogP contribution in [0.15, 0.2) is 84.9 Å². The fraction of sp³-hybridized carbons (Fsp3) is 0.0870. The van der Waals surface area contributed by atoms with Crippen LogP contribution < -0.4 is 4.74 Å². The lowest BCUT2D eigenvalue weighted by Crippen LogP contribution is -2.06. The summed E-state index contributed by atoms with van der Waals surface area (Å²) in [5.41, 5.74) is 2.97. The lowest BCUT2D eigenvalue weighted by atomic mass is 10.1. The van der Waals surface area contributed by atoms with Crippen LogP contribution in [0.2, 0.25) is 0 Å². The zero-order valence-electron chi connectivity index (χ0n) is 16.0. The monoisotopic (exact) mass is 401 g/mol. The molecule has 0 atom stereocenters. The second kappa shape index (κ2) is 8.59. The van der Waals surface area contributed by atoms with Crippen LogP contribution in [0, 0.1) is 10.1 Å². The Morgan fingerprint density at radius 1 is 0.933 bits per heavy atom. The minimum Gasteiger partial charge on any atom is -0.457 e. The first-order valence-electron chi connectivity index (χ1n) is 9.36. The van der Waals surface area contributed by atoms with Gasteiger partial charge in [0.15, 0.2) is 0 Å². The van der Waals surface area contributed by atoms with E-state index in [9.17, 15) is 15.2 Å². The fourth-order valence-corrected chi connectivity index (χ4v) is 3.12. The van der Waals surface area contributed by atoms with E-state index in [-0.39, 0.29) is 12.3 Å². The van der Waals surface area contributed by atoms with E-state index >= 15 is 0 Å². The van der Waals surface area contributed by atoms with E-state index in [2.05, 4.69) is 5.10 Å². The SMILES string of the molecule is O=[N+]([O-])c1cccc(Cn2nc(-c3ccc(Oc4ccccc4)cc3)cc2CO)c1. The Morgan fingerprint density at radius 3 is 2.37 bits per heavy atom. The number of nitro groups is 1. The summed E-state index contributed by atoms with van der Waals surface area (Å²) in [4.78, 5) is 10.6. The summed E-state index contributed by atoms with van der Waals surface area (Å²) in [7, 11) is 0. The fourth-order valence-electron chi connectivity index (χ4n) is 3.12. The Hall–Kier alpha value is -3.97. The summed E-state index contributed by atoms with van der Waals surface area (Å²) in [6.07, 6.45) is 0. The Kier molecular flexibility index (Phi) is 5.54. The van der Waals surface area contributed by atoms with Gasteiger partial charge in [0, 0.05) is 17.7 Å². The molecule has 7 nitrogen and oxygen atoms in total. The second-order valence-corrected chi connectivity index (χ2v) is 6.70. The number of nitrogens with zero attached hydrogens (tertiary/aromatic N) is 3. The largest absolute Gasteiger partial charge is 0.457 e. The molecule has 7 heteroatoms. The smallest absolute Gasteiger partial charge is 0.269 e. The molecule has 0 fully saturated rings. The highest BCUT2D eigenvalue weighted by molar-refractivity contribution is 5.60. The van der Waals surface area contributed by atoms with E-state index in [1.807, 2.05) is 60.7 Å². The third-order valence-corrected chi connectivity index (χ3v) is 4.61. The van der Waals surface area contributed by atoms with Gasteiger partial charge in [-0.2, -0.15) is 5.10 Å². The average molecular weight is 401 g/mol.